The Labute approximate surface area is 132 Å². The second kappa shape index (κ2) is 6.81. The molecule has 0 aromatic heterocycles. The van der Waals surface area contributed by atoms with Gasteiger partial charge in [0.1, 0.15) is 29.2 Å². The fraction of sp³-hybridized carbons (Fsp3) is 0. The number of hydrogen-bond donors (Lipinski definition) is 0. The Bertz CT molecular complexity index is 752. The van der Waals surface area contributed by atoms with Gasteiger partial charge < -0.3 is 4.74 Å². The van der Waals surface area contributed by atoms with Gasteiger partial charge in [0.15, 0.2) is 0 Å². The minimum Gasteiger partial charge on any atom is -0.457 e. The van der Waals surface area contributed by atoms with Gasteiger partial charge in [0.2, 0.25) is 0 Å². The molecule has 0 aliphatic rings. The third-order valence-corrected chi connectivity index (χ3v) is 3.30. The topological polar surface area (TPSA) is 56.8 Å². The highest BCUT2D eigenvalue weighted by Gasteiger charge is 2.02. The van der Waals surface area contributed by atoms with Gasteiger partial charge >= 0.3 is 0 Å². The Balaban J connectivity index is 2.16. The zero-order valence-corrected chi connectivity index (χ0v) is 12.2. The molecule has 0 bridgehead atoms. The van der Waals surface area contributed by atoms with Crippen molar-refractivity contribution in [3.05, 3.63) is 63.6 Å². The van der Waals surface area contributed by atoms with Crippen molar-refractivity contribution in [2.45, 2.75) is 0 Å². The van der Waals surface area contributed by atoms with Crippen LogP contribution in [0.25, 0.3) is 6.08 Å². The number of rotatable bonds is 3. The predicted octanol–water partition coefficient (Wildman–Crippen LogP) is 5.22. The largest absolute Gasteiger partial charge is 0.457 e. The van der Waals surface area contributed by atoms with Crippen molar-refractivity contribution in [1.82, 2.24) is 0 Å². The van der Waals surface area contributed by atoms with Crippen LogP contribution in [0.2, 0.25) is 10.0 Å². The van der Waals surface area contributed by atoms with Crippen LogP contribution in [0.5, 0.6) is 11.5 Å². The number of hydrogen-bond acceptors (Lipinski definition) is 3. The molecule has 0 heterocycles. The van der Waals surface area contributed by atoms with Gasteiger partial charge in [-0.15, -0.1) is 0 Å². The minimum absolute atomic E-state index is 0.0492. The molecule has 102 valence electrons. The summed E-state index contributed by atoms with van der Waals surface area (Å²) in [4.78, 5) is 0. The first-order chi connectivity index (χ1) is 10.1. The SMILES string of the molecule is N#CC(C#N)=Cc1ccc(Oc2ccc(Cl)c(Cl)c2)cc1. The van der Waals surface area contributed by atoms with Gasteiger partial charge in [-0.05, 0) is 35.9 Å². The molecule has 0 aliphatic carbocycles. The van der Waals surface area contributed by atoms with Gasteiger partial charge in [0.25, 0.3) is 0 Å². The van der Waals surface area contributed by atoms with Crippen LogP contribution in [0.1, 0.15) is 5.56 Å². The number of ether oxygens (including phenoxy) is 1. The Morgan fingerprint density at radius 2 is 1.52 bits per heavy atom. The third-order valence-electron chi connectivity index (χ3n) is 2.56. The van der Waals surface area contributed by atoms with E-state index >= 15 is 0 Å². The van der Waals surface area contributed by atoms with Gasteiger partial charge in [-0.25, -0.2) is 0 Å². The maximum absolute atomic E-state index is 8.70. The summed E-state index contributed by atoms with van der Waals surface area (Å²) in [6.07, 6.45) is 1.50. The van der Waals surface area contributed by atoms with Gasteiger partial charge in [-0.3, -0.25) is 0 Å². The maximum Gasteiger partial charge on any atom is 0.130 e. The van der Waals surface area contributed by atoms with Crippen LogP contribution in [0, 0.1) is 22.7 Å². The van der Waals surface area contributed by atoms with Crippen LogP contribution in [0.15, 0.2) is 48.0 Å². The Kier molecular flexibility index (Phi) is 4.85. The monoisotopic (exact) mass is 314 g/mol. The lowest BCUT2D eigenvalue weighted by Gasteiger charge is -2.06. The molecule has 0 N–H and O–H groups in total. The van der Waals surface area contributed by atoms with E-state index in [2.05, 4.69) is 0 Å². The summed E-state index contributed by atoms with van der Waals surface area (Å²) in [7, 11) is 0. The van der Waals surface area contributed by atoms with Crippen molar-refractivity contribution in [3.63, 3.8) is 0 Å². The first kappa shape index (κ1) is 14.9. The zero-order chi connectivity index (χ0) is 15.2. The molecule has 21 heavy (non-hydrogen) atoms. The highest BCUT2D eigenvalue weighted by molar-refractivity contribution is 6.42. The third kappa shape index (κ3) is 4.00. The van der Waals surface area contributed by atoms with Crippen molar-refractivity contribution in [2.24, 2.45) is 0 Å². The average molecular weight is 315 g/mol. The van der Waals surface area contributed by atoms with E-state index in [1.165, 1.54) is 6.08 Å². The van der Waals surface area contributed by atoms with Crippen molar-refractivity contribution in [1.29, 1.82) is 10.5 Å². The first-order valence-electron chi connectivity index (χ1n) is 5.87. The molecule has 2 aromatic carbocycles. The molecule has 0 aliphatic heterocycles. The molecule has 0 radical (unpaired) electrons. The molecular weight excluding hydrogens is 307 g/mol. The molecule has 0 fully saturated rings. The summed E-state index contributed by atoms with van der Waals surface area (Å²) < 4.78 is 5.63. The van der Waals surface area contributed by atoms with Gasteiger partial charge in [0, 0.05) is 6.07 Å². The van der Waals surface area contributed by atoms with E-state index < -0.39 is 0 Å². The lowest BCUT2D eigenvalue weighted by atomic mass is 10.1. The summed E-state index contributed by atoms with van der Waals surface area (Å²) in [6, 6.07) is 15.6. The summed E-state index contributed by atoms with van der Waals surface area (Å²) in [5, 5.41) is 18.3. The smallest absolute Gasteiger partial charge is 0.130 e. The van der Waals surface area contributed by atoms with Crippen LogP contribution < -0.4 is 4.74 Å². The van der Waals surface area contributed by atoms with Crippen molar-refractivity contribution in [3.8, 4) is 23.6 Å². The normalized spacial score (nSPS) is 9.33. The lowest BCUT2D eigenvalue weighted by Crippen LogP contribution is -1.85. The van der Waals surface area contributed by atoms with Crippen LogP contribution in [0.3, 0.4) is 0 Å². The Morgan fingerprint density at radius 1 is 0.905 bits per heavy atom. The average Bonchev–Trinajstić information content (AvgIpc) is 2.50. The van der Waals surface area contributed by atoms with Crippen LogP contribution in [0.4, 0.5) is 0 Å². The molecule has 5 heteroatoms. The number of nitriles is 2. The van der Waals surface area contributed by atoms with Crippen LogP contribution in [-0.2, 0) is 0 Å². The van der Waals surface area contributed by atoms with Gasteiger partial charge in [-0.2, -0.15) is 10.5 Å². The molecule has 2 rings (SSSR count). The second-order valence-corrected chi connectivity index (χ2v) is 4.84. The van der Waals surface area contributed by atoms with Crippen molar-refractivity contribution >= 4 is 29.3 Å². The van der Waals surface area contributed by atoms with E-state index in [1.54, 1.807) is 42.5 Å². The quantitative estimate of drug-likeness (QED) is 0.730. The molecular formula is C16H8Cl2N2O. The zero-order valence-electron chi connectivity index (χ0n) is 10.7. The molecule has 2 aromatic rings. The molecule has 0 spiro atoms. The predicted molar refractivity (Wildman–Crippen MR) is 82.2 cm³/mol. The molecule has 0 saturated heterocycles. The minimum atomic E-state index is 0.0492. The summed E-state index contributed by atoms with van der Waals surface area (Å²) in [5.41, 5.74) is 0.794. The fourth-order valence-corrected chi connectivity index (χ4v) is 1.85. The highest BCUT2D eigenvalue weighted by atomic mass is 35.5. The summed E-state index contributed by atoms with van der Waals surface area (Å²) in [5.74, 6) is 1.18. The second-order valence-electron chi connectivity index (χ2n) is 4.03. The number of benzene rings is 2. The Morgan fingerprint density at radius 3 is 2.10 bits per heavy atom. The van der Waals surface area contributed by atoms with Crippen LogP contribution in [-0.4, -0.2) is 0 Å². The van der Waals surface area contributed by atoms with Crippen LogP contribution >= 0.6 is 23.2 Å². The first-order valence-corrected chi connectivity index (χ1v) is 6.63. The number of nitrogens with zero attached hydrogens (tertiary/aromatic N) is 2. The fourth-order valence-electron chi connectivity index (χ4n) is 1.56. The van der Waals surface area contributed by atoms with E-state index in [4.69, 9.17) is 38.5 Å². The highest BCUT2D eigenvalue weighted by Crippen LogP contribution is 2.29. The summed E-state index contributed by atoms with van der Waals surface area (Å²) >= 11 is 11.7. The molecule has 0 saturated carbocycles. The number of allylic oxidation sites excluding steroid dienone is 1. The summed E-state index contributed by atoms with van der Waals surface area (Å²) in [6.45, 7) is 0. The van der Waals surface area contributed by atoms with Crippen molar-refractivity contribution < 1.29 is 4.74 Å². The van der Waals surface area contributed by atoms with Gasteiger partial charge in [0.05, 0.1) is 10.0 Å². The lowest BCUT2D eigenvalue weighted by molar-refractivity contribution is 0.482. The van der Waals surface area contributed by atoms with Crippen molar-refractivity contribution in [2.75, 3.05) is 0 Å². The molecule has 0 amide bonds. The standard InChI is InChI=1S/C16H8Cl2N2O/c17-15-6-5-14(8-16(15)18)21-13-3-1-11(2-4-13)7-12(9-19)10-20/h1-8H. The molecule has 0 atom stereocenters. The van der Waals surface area contributed by atoms with E-state index in [0.29, 0.717) is 21.5 Å². The molecule has 3 nitrogen and oxygen atoms in total. The van der Waals surface area contributed by atoms with E-state index in [-0.39, 0.29) is 5.57 Å². The van der Waals surface area contributed by atoms with E-state index in [1.807, 2.05) is 12.1 Å². The maximum atomic E-state index is 8.70. The van der Waals surface area contributed by atoms with Gasteiger partial charge in [-0.1, -0.05) is 35.3 Å². The van der Waals surface area contributed by atoms with E-state index in [9.17, 15) is 0 Å². The van der Waals surface area contributed by atoms with E-state index in [0.717, 1.165) is 5.56 Å². The Hall–Kier alpha value is -2.46. The molecule has 0 unspecified atom stereocenters. The number of halogens is 2.